The van der Waals surface area contributed by atoms with Gasteiger partial charge in [-0.3, -0.25) is 9.69 Å². The molecule has 1 heterocycles. The maximum absolute atomic E-state index is 14.0. The van der Waals surface area contributed by atoms with Crippen LogP contribution in [-0.2, 0) is 24.4 Å². The Morgan fingerprint density at radius 3 is 2.55 bits per heavy atom. The highest BCUT2D eigenvalue weighted by molar-refractivity contribution is 6.31. The van der Waals surface area contributed by atoms with Gasteiger partial charge in [-0.15, -0.1) is 0 Å². The van der Waals surface area contributed by atoms with Crippen LogP contribution in [-0.4, -0.2) is 34.4 Å². The highest BCUT2D eigenvalue weighted by atomic mass is 35.5. The Labute approximate surface area is 173 Å². The second-order valence-corrected chi connectivity index (χ2v) is 7.21. The van der Waals surface area contributed by atoms with Crippen molar-refractivity contribution in [3.8, 4) is 5.75 Å². The molecule has 0 aliphatic heterocycles. The van der Waals surface area contributed by atoms with Crippen molar-refractivity contribution in [3.05, 3.63) is 88.6 Å². The zero-order valence-electron chi connectivity index (χ0n) is 16.0. The number of carbonyl (C=O) groups excluding carboxylic acids is 1. The molecule has 0 saturated heterocycles. The van der Waals surface area contributed by atoms with Crippen molar-refractivity contribution in [3.63, 3.8) is 0 Å². The van der Waals surface area contributed by atoms with Gasteiger partial charge < -0.3 is 14.4 Å². The van der Waals surface area contributed by atoms with Crippen LogP contribution in [0.4, 0.5) is 4.39 Å². The van der Waals surface area contributed by atoms with Crippen molar-refractivity contribution in [2.24, 2.45) is 0 Å². The normalized spacial score (nSPS) is 11.0. The molecular weight excluding hydrogens is 395 g/mol. The third-order valence-electron chi connectivity index (χ3n) is 4.59. The molecule has 0 radical (unpaired) electrons. The van der Waals surface area contributed by atoms with Gasteiger partial charge in [0.05, 0.1) is 19.4 Å². The third-order valence-corrected chi connectivity index (χ3v) is 4.94. The molecule has 0 unspecified atom stereocenters. The maximum atomic E-state index is 14.0. The number of likely N-dealkylation sites (N-methyl/N-ethyl adjacent to an activating group) is 1. The fraction of sp³-hybridized carbons (Fsp3) is 0.227. The van der Waals surface area contributed by atoms with Crippen molar-refractivity contribution in [2.45, 2.75) is 19.6 Å². The molecule has 0 saturated carbocycles. The molecule has 7 heteroatoms. The summed E-state index contributed by atoms with van der Waals surface area (Å²) in [4.78, 5) is 16.1. The van der Waals surface area contributed by atoms with Crippen LogP contribution in [0.1, 0.15) is 16.9 Å². The van der Waals surface area contributed by atoms with Gasteiger partial charge in [0.1, 0.15) is 17.3 Å². The molecule has 0 bridgehead atoms. The summed E-state index contributed by atoms with van der Waals surface area (Å²) in [5, 5.41) is 10.4. The van der Waals surface area contributed by atoms with Crippen LogP contribution in [0.5, 0.6) is 5.75 Å². The summed E-state index contributed by atoms with van der Waals surface area (Å²) in [6.45, 7) is 0.877. The van der Waals surface area contributed by atoms with Gasteiger partial charge in [0, 0.05) is 36.3 Å². The number of phenolic OH excluding ortho intramolecular Hbond substituents is 1. The van der Waals surface area contributed by atoms with Crippen LogP contribution in [0.3, 0.4) is 0 Å². The number of aromatic hydroxyl groups is 1. The summed E-state index contributed by atoms with van der Waals surface area (Å²) in [6.07, 6.45) is 1.57. The van der Waals surface area contributed by atoms with E-state index in [2.05, 4.69) is 0 Å². The number of carbonyl (C=O) groups is 1. The fourth-order valence-electron chi connectivity index (χ4n) is 3.00. The van der Waals surface area contributed by atoms with E-state index in [4.69, 9.17) is 16.0 Å². The summed E-state index contributed by atoms with van der Waals surface area (Å²) in [5.41, 5.74) is 0.981. The highest BCUT2D eigenvalue weighted by Gasteiger charge is 2.19. The number of para-hydroxylation sites is 1. The number of hydrogen-bond donors (Lipinski definition) is 1. The predicted molar refractivity (Wildman–Crippen MR) is 109 cm³/mol. The second kappa shape index (κ2) is 9.58. The van der Waals surface area contributed by atoms with Crippen molar-refractivity contribution in [1.82, 2.24) is 9.80 Å². The van der Waals surface area contributed by atoms with Gasteiger partial charge >= 0.3 is 0 Å². The van der Waals surface area contributed by atoms with Crippen LogP contribution in [0, 0.1) is 5.82 Å². The molecule has 5 nitrogen and oxygen atoms in total. The molecule has 0 spiro atoms. The van der Waals surface area contributed by atoms with E-state index in [-0.39, 0.29) is 35.3 Å². The molecule has 0 aliphatic rings. The summed E-state index contributed by atoms with van der Waals surface area (Å²) in [6, 6.07) is 15.0. The van der Waals surface area contributed by atoms with E-state index >= 15 is 0 Å². The molecular formula is C22H22ClFN2O3. The van der Waals surface area contributed by atoms with Crippen LogP contribution in [0.2, 0.25) is 5.02 Å². The minimum absolute atomic E-state index is 0.0650. The molecule has 1 aromatic heterocycles. The van der Waals surface area contributed by atoms with E-state index in [1.54, 1.807) is 43.6 Å². The molecule has 0 atom stereocenters. The Balaban J connectivity index is 1.72. The van der Waals surface area contributed by atoms with E-state index in [0.717, 1.165) is 0 Å². The van der Waals surface area contributed by atoms with Gasteiger partial charge in [0.25, 0.3) is 0 Å². The molecule has 152 valence electrons. The van der Waals surface area contributed by atoms with Crippen LogP contribution >= 0.6 is 11.6 Å². The Morgan fingerprint density at radius 2 is 1.86 bits per heavy atom. The summed E-state index contributed by atoms with van der Waals surface area (Å²) in [5.74, 6) is 0.217. The SMILES string of the molecule is CN(Cc1c(F)cccc1Cl)C(=O)CN(Cc1ccco1)Cc1ccccc1O. The van der Waals surface area contributed by atoms with E-state index in [1.807, 2.05) is 17.0 Å². The number of benzene rings is 2. The molecule has 3 rings (SSSR count). The highest BCUT2D eigenvalue weighted by Crippen LogP contribution is 2.22. The molecule has 2 aromatic carbocycles. The lowest BCUT2D eigenvalue weighted by Crippen LogP contribution is -2.37. The van der Waals surface area contributed by atoms with Crippen molar-refractivity contribution in [1.29, 1.82) is 0 Å². The van der Waals surface area contributed by atoms with Crippen molar-refractivity contribution < 1.29 is 18.7 Å². The zero-order valence-corrected chi connectivity index (χ0v) is 16.8. The number of phenols is 1. The number of rotatable bonds is 8. The largest absolute Gasteiger partial charge is 0.508 e. The maximum Gasteiger partial charge on any atom is 0.236 e. The topological polar surface area (TPSA) is 56.9 Å². The number of hydrogen-bond acceptors (Lipinski definition) is 4. The first-order chi connectivity index (χ1) is 13.9. The Kier molecular flexibility index (Phi) is 6.90. The first-order valence-electron chi connectivity index (χ1n) is 9.12. The molecule has 3 aromatic rings. The number of amides is 1. The third kappa shape index (κ3) is 5.59. The summed E-state index contributed by atoms with van der Waals surface area (Å²) < 4.78 is 19.5. The first-order valence-corrected chi connectivity index (χ1v) is 9.50. The van der Waals surface area contributed by atoms with Gasteiger partial charge in [-0.25, -0.2) is 4.39 Å². The first kappa shape index (κ1) is 20.9. The molecule has 0 aliphatic carbocycles. The predicted octanol–water partition coefficient (Wildman–Crippen LogP) is 4.44. The average Bonchev–Trinajstić information content (AvgIpc) is 3.19. The van der Waals surface area contributed by atoms with Crippen LogP contribution < -0.4 is 0 Å². The minimum atomic E-state index is -0.446. The average molecular weight is 417 g/mol. The lowest BCUT2D eigenvalue weighted by molar-refractivity contribution is -0.132. The standard InChI is InChI=1S/C22H22ClFN2O3/c1-25(14-18-19(23)8-4-9-20(18)24)22(28)15-26(13-17-7-5-11-29-17)12-16-6-2-3-10-21(16)27/h2-11,27H,12-15H2,1H3. The van der Waals surface area contributed by atoms with Gasteiger partial charge in [0.15, 0.2) is 0 Å². The van der Waals surface area contributed by atoms with Gasteiger partial charge in [-0.05, 0) is 30.3 Å². The minimum Gasteiger partial charge on any atom is -0.508 e. The van der Waals surface area contributed by atoms with Gasteiger partial charge in [-0.2, -0.15) is 0 Å². The quantitative estimate of drug-likeness (QED) is 0.590. The van der Waals surface area contributed by atoms with E-state index < -0.39 is 5.82 Å². The van der Waals surface area contributed by atoms with E-state index in [0.29, 0.717) is 24.4 Å². The number of furan rings is 1. The lowest BCUT2D eigenvalue weighted by atomic mass is 10.1. The molecule has 1 amide bonds. The van der Waals surface area contributed by atoms with Gasteiger partial charge in [-0.1, -0.05) is 35.9 Å². The Bertz CT molecular complexity index is 942. The second-order valence-electron chi connectivity index (χ2n) is 6.80. The monoisotopic (exact) mass is 416 g/mol. The molecule has 0 fully saturated rings. The van der Waals surface area contributed by atoms with Crippen LogP contribution in [0.15, 0.2) is 65.3 Å². The molecule has 1 N–H and O–H groups in total. The summed E-state index contributed by atoms with van der Waals surface area (Å²) >= 11 is 6.08. The van der Waals surface area contributed by atoms with Crippen molar-refractivity contribution in [2.75, 3.05) is 13.6 Å². The van der Waals surface area contributed by atoms with Gasteiger partial charge in [0.2, 0.25) is 5.91 Å². The Hall–Kier alpha value is -2.83. The zero-order chi connectivity index (χ0) is 20.8. The lowest BCUT2D eigenvalue weighted by Gasteiger charge is -2.25. The van der Waals surface area contributed by atoms with E-state index in [1.165, 1.54) is 17.0 Å². The fourth-order valence-corrected chi connectivity index (χ4v) is 3.22. The van der Waals surface area contributed by atoms with Crippen LogP contribution in [0.25, 0.3) is 0 Å². The smallest absolute Gasteiger partial charge is 0.236 e. The summed E-state index contributed by atoms with van der Waals surface area (Å²) in [7, 11) is 1.61. The number of halogens is 2. The van der Waals surface area contributed by atoms with Crippen molar-refractivity contribution >= 4 is 17.5 Å². The van der Waals surface area contributed by atoms with E-state index in [9.17, 15) is 14.3 Å². The Morgan fingerprint density at radius 1 is 1.07 bits per heavy atom. The molecule has 29 heavy (non-hydrogen) atoms. The number of nitrogens with zero attached hydrogens (tertiary/aromatic N) is 2.